The van der Waals surface area contributed by atoms with Crippen LogP contribution in [0.1, 0.15) is 43.4 Å². The van der Waals surface area contributed by atoms with Crippen molar-refractivity contribution in [1.29, 1.82) is 0 Å². The molecule has 20 heavy (non-hydrogen) atoms. The van der Waals surface area contributed by atoms with Crippen molar-refractivity contribution in [3.05, 3.63) is 34.9 Å². The van der Waals surface area contributed by atoms with Crippen LogP contribution < -0.4 is 5.32 Å². The van der Waals surface area contributed by atoms with E-state index in [9.17, 15) is 0 Å². The zero-order valence-electron chi connectivity index (χ0n) is 13.4. The van der Waals surface area contributed by atoms with E-state index < -0.39 is 0 Å². The number of nitrogens with one attached hydrogen (secondary N) is 1. The molecule has 0 atom stereocenters. The standard InChI is InChI=1S/C17H29NO2/c1-5-19-17(20-6-2)8-7-11-18-13-16-10-9-14(3)15(4)12-16/h9-10,12,17-18H,5-8,11,13H2,1-4H3. The van der Waals surface area contributed by atoms with Crippen molar-refractivity contribution in [3.63, 3.8) is 0 Å². The minimum absolute atomic E-state index is 0.0478. The van der Waals surface area contributed by atoms with Gasteiger partial charge in [0.15, 0.2) is 6.29 Å². The molecule has 0 bridgehead atoms. The molecule has 0 spiro atoms. The molecule has 0 heterocycles. The predicted octanol–water partition coefficient (Wildman–Crippen LogP) is 3.57. The Morgan fingerprint density at radius 1 is 1.05 bits per heavy atom. The van der Waals surface area contributed by atoms with Gasteiger partial charge in [-0.2, -0.15) is 0 Å². The smallest absolute Gasteiger partial charge is 0.157 e. The Bertz CT molecular complexity index is 373. The normalized spacial score (nSPS) is 11.2. The number of hydrogen-bond donors (Lipinski definition) is 1. The van der Waals surface area contributed by atoms with E-state index in [1.807, 2.05) is 13.8 Å². The van der Waals surface area contributed by atoms with E-state index in [1.165, 1.54) is 16.7 Å². The molecule has 114 valence electrons. The third-order valence-corrected chi connectivity index (χ3v) is 3.40. The van der Waals surface area contributed by atoms with Crippen LogP contribution in [0.25, 0.3) is 0 Å². The molecule has 1 aromatic rings. The highest BCUT2D eigenvalue weighted by Gasteiger charge is 2.06. The molecular formula is C17H29NO2. The first-order chi connectivity index (χ1) is 9.67. The molecule has 1 rings (SSSR count). The number of aryl methyl sites for hydroxylation is 2. The predicted molar refractivity (Wildman–Crippen MR) is 83.9 cm³/mol. The average molecular weight is 279 g/mol. The SMILES string of the molecule is CCOC(CCCNCc1ccc(C)c(C)c1)OCC. The third kappa shape index (κ3) is 6.51. The summed E-state index contributed by atoms with van der Waals surface area (Å²) in [5.41, 5.74) is 4.06. The average Bonchev–Trinajstić information content (AvgIpc) is 2.43. The van der Waals surface area contributed by atoms with Gasteiger partial charge in [-0.3, -0.25) is 0 Å². The van der Waals surface area contributed by atoms with Gasteiger partial charge in [-0.05, 0) is 63.8 Å². The summed E-state index contributed by atoms with van der Waals surface area (Å²) in [6.45, 7) is 11.6. The maximum absolute atomic E-state index is 5.53. The van der Waals surface area contributed by atoms with E-state index in [2.05, 4.69) is 37.4 Å². The highest BCUT2D eigenvalue weighted by molar-refractivity contribution is 5.29. The van der Waals surface area contributed by atoms with Crippen LogP contribution in [0.4, 0.5) is 0 Å². The Balaban J connectivity index is 2.19. The van der Waals surface area contributed by atoms with Crippen molar-refractivity contribution in [2.45, 2.75) is 53.4 Å². The second-order valence-corrected chi connectivity index (χ2v) is 5.08. The van der Waals surface area contributed by atoms with Crippen molar-refractivity contribution in [2.24, 2.45) is 0 Å². The molecular weight excluding hydrogens is 250 g/mol. The maximum Gasteiger partial charge on any atom is 0.157 e. The highest BCUT2D eigenvalue weighted by atomic mass is 16.7. The monoisotopic (exact) mass is 279 g/mol. The minimum Gasteiger partial charge on any atom is -0.353 e. The largest absolute Gasteiger partial charge is 0.353 e. The lowest BCUT2D eigenvalue weighted by Gasteiger charge is -2.16. The van der Waals surface area contributed by atoms with Gasteiger partial charge in [-0.1, -0.05) is 18.2 Å². The van der Waals surface area contributed by atoms with Gasteiger partial charge in [0.2, 0.25) is 0 Å². The zero-order chi connectivity index (χ0) is 14.8. The first kappa shape index (κ1) is 17.2. The van der Waals surface area contributed by atoms with Gasteiger partial charge in [0, 0.05) is 19.8 Å². The molecule has 0 amide bonds. The summed E-state index contributed by atoms with van der Waals surface area (Å²) in [6, 6.07) is 6.64. The van der Waals surface area contributed by atoms with Crippen LogP contribution in [-0.2, 0) is 16.0 Å². The lowest BCUT2D eigenvalue weighted by molar-refractivity contribution is -0.139. The van der Waals surface area contributed by atoms with Gasteiger partial charge in [0.25, 0.3) is 0 Å². The number of benzene rings is 1. The molecule has 1 N–H and O–H groups in total. The molecule has 0 aromatic heterocycles. The minimum atomic E-state index is -0.0478. The van der Waals surface area contributed by atoms with E-state index in [0.717, 1.165) is 25.9 Å². The van der Waals surface area contributed by atoms with E-state index in [-0.39, 0.29) is 6.29 Å². The first-order valence-electron chi connectivity index (χ1n) is 7.67. The fraction of sp³-hybridized carbons (Fsp3) is 0.647. The van der Waals surface area contributed by atoms with E-state index >= 15 is 0 Å². The zero-order valence-corrected chi connectivity index (χ0v) is 13.4. The highest BCUT2D eigenvalue weighted by Crippen LogP contribution is 2.09. The Morgan fingerprint density at radius 3 is 2.35 bits per heavy atom. The molecule has 1 aromatic carbocycles. The summed E-state index contributed by atoms with van der Waals surface area (Å²) in [5, 5.41) is 3.48. The van der Waals surface area contributed by atoms with Crippen molar-refractivity contribution < 1.29 is 9.47 Å². The molecule has 0 saturated heterocycles. The van der Waals surface area contributed by atoms with Crippen molar-refractivity contribution in [1.82, 2.24) is 5.32 Å². The van der Waals surface area contributed by atoms with Gasteiger partial charge < -0.3 is 14.8 Å². The second-order valence-electron chi connectivity index (χ2n) is 5.08. The van der Waals surface area contributed by atoms with E-state index in [1.54, 1.807) is 0 Å². The second kappa shape index (κ2) is 9.92. The van der Waals surface area contributed by atoms with Crippen molar-refractivity contribution in [3.8, 4) is 0 Å². The van der Waals surface area contributed by atoms with Gasteiger partial charge in [0.05, 0.1) is 0 Å². The summed E-state index contributed by atoms with van der Waals surface area (Å²) >= 11 is 0. The lowest BCUT2D eigenvalue weighted by atomic mass is 10.1. The van der Waals surface area contributed by atoms with E-state index in [0.29, 0.717) is 13.2 Å². The van der Waals surface area contributed by atoms with Gasteiger partial charge >= 0.3 is 0 Å². The van der Waals surface area contributed by atoms with Gasteiger partial charge in [-0.25, -0.2) is 0 Å². The van der Waals surface area contributed by atoms with Crippen molar-refractivity contribution >= 4 is 0 Å². The fourth-order valence-electron chi connectivity index (χ4n) is 2.13. The fourth-order valence-corrected chi connectivity index (χ4v) is 2.13. The Hall–Kier alpha value is -0.900. The van der Waals surface area contributed by atoms with Crippen LogP contribution in [-0.4, -0.2) is 26.0 Å². The molecule has 0 radical (unpaired) electrons. The molecule has 0 aliphatic carbocycles. The summed E-state index contributed by atoms with van der Waals surface area (Å²) in [5.74, 6) is 0. The quantitative estimate of drug-likeness (QED) is 0.524. The van der Waals surface area contributed by atoms with Crippen LogP contribution in [0.15, 0.2) is 18.2 Å². The summed E-state index contributed by atoms with van der Waals surface area (Å²) < 4.78 is 11.1. The van der Waals surface area contributed by atoms with Crippen LogP contribution in [0.5, 0.6) is 0 Å². The number of rotatable bonds is 10. The molecule has 3 nitrogen and oxygen atoms in total. The lowest BCUT2D eigenvalue weighted by Crippen LogP contribution is -2.21. The third-order valence-electron chi connectivity index (χ3n) is 3.40. The molecule has 0 saturated carbocycles. The Kier molecular flexibility index (Phi) is 8.51. The van der Waals surface area contributed by atoms with Crippen molar-refractivity contribution in [2.75, 3.05) is 19.8 Å². The number of ether oxygens (including phenoxy) is 2. The molecule has 0 unspecified atom stereocenters. The van der Waals surface area contributed by atoms with Gasteiger partial charge in [0.1, 0.15) is 0 Å². The molecule has 0 fully saturated rings. The van der Waals surface area contributed by atoms with Crippen LogP contribution >= 0.6 is 0 Å². The summed E-state index contributed by atoms with van der Waals surface area (Å²) in [6.07, 6.45) is 1.96. The molecule has 0 aliphatic heterocycles. The first-order valence-corrected chi connectivity index (χ1v) is 7.67. The summed E-state index contributed by atoms with van der Waals surface area (Å²) in [7, 11) is 0. The number of hydrogen-bond acceptors (Lipinski definition) is 3. The molecule has 0 aliphatic rings. The van der Waals surface area contributed by atoms with E-state index in [4.69, 9.17) is 9.47 Å². The maximum atomic E-state index is 5.53. The Morgan fingerprint density at radius 2 is 1.75 bits per heavy atom. The van der Waals surface area contributed by atoms with Crippen LogP contribution in [0, 0.1) is 13.8 Å². The topological polar surface area (TPSA) is 30.5 Å². The van der Waals surface area contributed by atoms with Crippen LogP contribution in [0.2, 0.25) is 0 Å². The van der Waals surface area contributed by atoms with Gasteiger partial charge in [-0.15, -0.1) is 0 Å². The van der Waals surface area contributed by atoms with Crippen LogP contribution in [0.3, 0.4) is 0 Å². The Labute approximate surface area is 123 Å². The molecule has 3 heteroatoms. The summed E-state index contributed by atoms with van der Waals surface area (Å²) in [4.78, 5) is 0.